The molecule has 88 valence electrons. The van der Waals surface area contributed by atoms with Crippen molar-refractivity contribution in [3.63, 3.8) is 0 Å². The third kappa shape index (κ3) is 2.98. The molecule has 17 heavy (non-hydrogen) atoms. The van der Waals surface area contributed by atoms with Crippen LogP contribution in [0.1, 0.15) is 5.69 Å². The molecule has 2 aromatic rings. The fourth-order valence-corrected chi connectivity index (χ4v) is 1.60. The van der Waals surface area contributed by atoms with Crippen molar-refractivity contribution in [2.45, 2.75) is 6.61 Å². The van der Waals surface area contributed by atoms with Gasteiger partial charge in [-0.3, -0.25) is 4.98 Å². The molecular formula is C11H11BrN4O. The standard InChI is InChI=1S/C11H11BrN4O/c1-17-6-8-4-10(13)16-11(15-8)9-3-2-7(12)5-14-9/h2-5H,6H2,1H3,(H2,13,15,16). The van der Waals surface area contributed by atoms with E-state index in [9.17, 15) is 0 Å². The van der Waals surface area contributed by atoms with Crippen molar-refractivity contribution in [1.82, 2.24) is 15.0 Å². The molecule has 0 radical (unpaired) electrons. The highest BCUT2D eigenvalue weighted by molar-refractivity contribution is 9.10. The predicted octanol–water partition coefficient (Wildman–Crippen LogP) is 2.03. The highest BCUT2D eigenvalue weighted by Gasteiger charge is 2.06. The van der Waals surface area contributed by atoms with Gasteiger partial charge < -0.3 is 10.5 Å². The van der Waals surface area contributed by atoms with Crippen LogP contribution in [0.25, 0.3) is 11.5 Å². The number of hydrogen-bond donors (Lipinski definition) is 1. The lowest BCUT2D eigenvalue weighted by Crippen LogP contribution is -2.02. The van der Waals surface area contributed by atoms with Crippen LogP contribution in [0, 0.1) is 0 Å². The highest BCUT2D eigenvalue weighted by Crippen LogP contribution is 2.17. The van der Waals surface area contributed by atoms with Crippen LogP contribution in [0.15, 0.2) is 28.9 Å². The molecule has 6 heteroatoms. The van der Waals surface area contributed by atoms with Crippen molar-refractivity contribution in [1.29, 1.82) is 0 Å². The summed E-state index contributed by atoms with van der Waals surface area (Å²) in [5.74, 6) is 0.913. The number of anilines is 1. The maximum absolute atomic E-state index is 5.71. The average Bonchev–Trinajstić information content (AvgIpc) is 2.29. The van der Waals surface area contributed by atoms with Gasteiger partial charge in [-0.2, -0.15) is 0 Å². The maximum Gasteiger partial charge on any atom is 0.180 e. The zero-order valence-corrected chi connectivity index (χ0v) is 10.8. The summed E-state index contributed by atoms with van der Waals surface area (Å²) in [6.07, 6.45) is 1.69. The predicted molar refractivity (Wildman–Crippen MR) is 68.1 cm³/mol. The van der Waals surface area contributed by atoms with Gasteiger partial charge in [0.1, 0.15) is 11.5 Å². The Hall–Kier alpha value is -1.53. The molecule has 0 saturated carbocycles. The van der Waals surface area contributed by atoms with Gasteiger partial charge in [0.25, 0.3) is 0 Å². The van der Waals surface area contributed by atoms with Crippen LogP contribution < -0.4 is 5.73 Å². The van der Waals surface area contributed by atoms with Crippen LogP contribution in [0.3, 0.4) is 0 Å². The van der Waals surface area contributed by atoms with Crippen LogP contribution in [0.2, 0.25) is 0 Å². The van der Waals surface area contributed by atoms with Crippen LogP contribution in [0.5, 0.6) is 0 Å². The third-order valence-electron chi connectivity index (χ3n) is 2.05. The lowest BCUT2D eigenvalue weighted by atomic mass is 10.3. The fraction of sp³-hybridized carbons (Fsp3) is 0.182. The Kier molecular flexibility index (Phi) is 3.65. The van der Waals surface area contributed by atoms with E-state index in [0.29, 0.717) is 23.9 Å². The number of nitrogens with two attached hydrogens (primary N) is 1. The summed E-state index contributed by atoms with van der Waals surface area (Å²) in [4.78, 5) is 12.7. The molecular weight excluding hydrogens is 284 g/mol. The Morgan fingerprint density at radius 1 is 1.35 bits per heavy atom. The van der Waals surface area contributed by atoms with E-state index in [4.69, 9.17) is 10.5 Å². The van der Waals surface area contributed by atoms with Gasteiger partial charge in [-0.05, 0) is 28.1 Å². The Bertz CT molecular complexity index is 515. The Morgan fingerprint density at radius 2 is 2.18 bits per heavy atom. The number of hydrogen-bond acceptors (Lipinski definition) is 5. The first-order chi connectivity index (χ1) is 8.19. The molecule has 0 aromatic carbocycles. The summed E-state index contributed by atoms with van der Waals surface area (Å²) < 4.78 is 5.92. The molecule has 0 saturated heterocycles. The Morgan fingerprint density at radius 3 is 2.82 bits per heavy atom. The quantitative estimate of drug-likeness (QED) is 0.937. The number of methoxy groups -OCH3 is 1. The van der Waals surface area contributed by atoms with Crippen molar-refractivity contribution < 1.29 is 4.74 Å². The monoisotopic (exact) mass is 294 g/mol. The maximum atomic E-state index is 5.71. The van der Waals surface area contributed by atoms with Gasteiger partial charge in [0.2, 0.25) is 0 Å². The second kappa shape index (κ2) is 5.20. The Labute approximate surface area is 107 Å². The highest BCUT2D eigenvalue weighted by atomic mass is 79.9. The normalized spacial score (nSPS) is 10.5. The van der Waals surface area contributed by atoms with E-state index in [0.717, 1.165) is 10.2 Å². The van der Waals surface area contributed by atoms with E-state index in [-0.39, 0.29) is 0 Å². The van der Waals surface area contributed by atoms with E-state index < -0.39 is 0 Å². The molecule has 0 fully saturated rings. The van der Waals surface area contributed by atoms with Crippen LogP contribution in [-0.4, -0.2) is 22.1 Å². The summed E-state index contributed by atoms with van der Waals surface area (Å²) in [5.41, 5.74) is 7.13. The van der Waals surface area contributed by atoms with Gasteiger partial charge in [-0.25, -0.2) is 9.97 Å². The third-order valence-corrected chi connectivity index (χ3v) is 2.52. The molecule has 0 aliphatic carbocycles. The lowest BCUT2D eigenvalue weighted by Gasteiger charge is -2.04. The second-order valence-electron chi connectivity index (χ2n) is 3.40. The summed E-state index contributed by atoms with van der Waals surface area (Å²) in [6.45, 7) is 0.399. The smallest absolute Gasteiger partial charge is 0.180 e. The number of ether oxygens (including phenoxy) is 1. The number of halogens is 1. The largest absolute Gasteiger partial charge is 0.384 e. The van der Waals surface area contributed by atoms with Gasteiger partial charge in [0.15, 0.2) is 5.82 Å². The number of nitrogen functional groups attached to an aromatic ring is 1. The first-order valence-electron chi connectivity index (χ1n) is 4.93. The van der Waals surface area contributed by atoms with Crippen LogP contribution >= 0.6 is 15.9 Å². The molecule has 2 rings (SSSR count). The molecule has 2 aromatic heterocycles. The van der Waals surface area contributed by atoms with Crippen LogP contribution in [0.4, 0.5) is 5.82 Å². The van der Waals surface area contributed by atoms with Gasteiger partial charge in [-0.15, -0.1) is 0 Å². The zero-order valence-electron chi connectivity index (χ0n) is 9.22. The minimum Gasteiger partial charge on any atom is -0.384 e. The van der Waals surface area contributed by atoms with E-state index in [1.165, 1.54) is 0 Å². The summed E-state index contributed by atoms with van der Waals surface area (Å²) >= 11 is 3.32. The Balaban J connectivity index is 2.40. The molecule has 2 heterocycles. The molecule has 0 spiro atoms. The molecule has 0 atom stereocenters. The topological polar surface area (TPSA) is 73.9 Å². The SMILES string of the molecule is COCc1cc(N)nc(-c2ccc(Br)cn2)n1. The van der Waals surface area contributed by atoms with Gasteiger partial charge in [0, 0.05) is 23.8 Å². The summed E-state index contributed by atoms with van der Waals surface area (Å²) in [6, 6.07) is 5.40. The first kappa shape index (κ1) is 11.9. The molecule has 0 aliphatic rings. The van der Waals surface area contributed by atoms with Crippen LogP contribution in [-0.2, 0) is 11.3 Å². The zero-order chi connectivity index (χ0) is 12.3. The second-order valence-corrected chi connectivity index (χ2v) is 4.32. The lowest BCUT2D eigenvalue weighted by molar-refractivity contribution is 0.181. The first-order valence-corrected chi connectivity index (χ1v) is 5.72. The van der Waals surface area contributed by atoms with E-state index in [2.05, 4.69) is 30.9 Å². The summed E-state index contributed by atoms with van der Waals surface area (Å²) in [7, 11) is 1.61. The summed E-state index contributed by atoms with van der Waals surface area (Å²) in [5, 5.41) is 0. The number of rotatable bonds is 3. The van der Waals surface area contributed by atoms with Gasteiger partial charge in [-0.1, -0.05) is 0 Å². The average molecular weight is 295 g/mol. The van der Waals surface area contributed by atoms with Crippen molar-refractivity contribution in [3.05, 3.63) is 34.6 Å². The minimum absolute atomic E-state index is 0.399. The van der Waals surface area contributed by atoms with Gasteiger partial charge in [0.05, 0.1) is 12.3 Å². The molecule has 5 nitrogen and oxygen atoms in total. The molecule has 2 N–H and O–H groups in total. The van der Waals surface area contributed by atoms with Crippen molar-refractivity contribution >= 4 is 21.7 Å². The number of aromatic nitrogens is 3. The fourth-order valence-electron chi connectivity index (χ4n) is 1.36. The van der Waals surface area contributed by atoms with E-state index >= 15 is 0 Å². The van der Waals surface area contributed by atoms with Crippen molar-refractivity contribution in [2.75, 3.05) is 12.8 Å². The van der Waals surface area contributed by atoms with E-state index in [1.54, 1.807) is 19.4 Å². The molecule has 0 bridgehead atoms. The van der Waals surface area contributed by atoms with Crippen molar-refractivity contribution in [3.8, 4) is 11.5 Å². The minimum atomic E-state index is 0.399. The van der Waals surface area contributed by atoms with E-state index in [1.807, 2.05) is 12.1 Å². The molecule has 0 amide bonds. The molecule has 0 aliphatic heterocycles. The van der Waals surface area contributed by atoms with Crippen molar-refractivity contribution in [2.24, 2.45) is 0 Å². The number of pyridine rings is 1. The molecule has 0 unspecified atom stereocenters. The van der Waals surface area contributed by atoms with Gasteiger partial charge >= 0.3 is 0 Å². The number of nitrogens with zero attached hydrogens (tertiary/aromatic N) is 3.